The van der Waals surface area contributed by atoms with Crippen LogP contribution in [0.25, 0.3) is 11.0 Å². The van der Waals surface area contributed by atoms with Crippen molar-refractivity contribution >= 4 is 16.9 Å². The molecule has 5 nitrogen and oxygen atoms in total. The standard InChI is InChI=1S/C14H21N5/c1-18-10-17-13-12(18)6-8-16-14(13)19(9-3-7-15)11-4-2-5-11/h6,8,10-11H,2-5,7,9,15H2,1H3. The monoisotopic (exact) mass is 259 g/mol. The second kappa shape index (κ2) is 5.17. The molecule has 2 N–H and O–H groups in total. The molecule has 19 heavy (non-hydrogen) atoms. The summed E-state index contributed by atoms with van der Waals surface area (Å²) in [4.78, 5) is 11.5. The summed E-state index contributed by atoms with van der Waals surface area (Å²) in [6.45, 7) is 1.70. The number of nitrogens with zero attached hydrogens (tertiary/aromatic N) is 4. The topological polar surface area (TPSA) is 60.0 Å². The average Bonchev–Trinajstić information content (AvgIpc) is 2.74. The van der Waals surface area contributed by atoms with E-state index in [1.54, 1.807) is 0 Å². The van der Waals surface area contributed by atoms with Gasteiger partial charge in [0.1, 0.15) is 5.52 Å². The first-order valence-electron chi connectivity index (χ1n) is 7.04. The van der Waals surface area contributed by atoms with Crippen LogP contribution >= 0.6 is 0 Å². The molecule has 1 aliphatic carbocycles. The van der Waals surface area contributed by atoms with E-state index >= 15 is 0 Å². The average molecular weight is 259 g/mol. The normalized spacial score (nSPS) is 15.7. The molecule has 0 aliphatic heterocycles. The van der Waals surface area contributed by atoms with Gasteiger partial charge in [0.05, 0.1) is 11.8 Å². The van der Waals surface area contributed by atoms with Gasteiger partial charge in [-0.1, -0.05) is 0 Å². The summed E-state index contributed by atoms with van der Waals surface area (Å²) in [5.41, 5.74) is 7.81. The van der Waals surface area contributed by atoms with E-state index in [-0.39, 0.29) is 0 Å². The fourth-order valence-electron chi connectivity index (χ4n) is 2.68. The minimum atomic E-state index is 0.617. The van der Waals surface area contributed by atoms with Crippen molar-refractivity contribution in [2.24, 2.45) is 12.8 Å². The molecule has 0 atom stereocenters. The van der Waals surface area contributed by atoms with Crippen LogP contribution in [0.5, 0.6) is 0 Å². The van der Waals surface area contributed by atoms with E-state index in [1.165, 1.54) is 19.3 Å². The molecule has 0 saturated heterocycles. The van der Waals surface area contributed by atoms with Crippen molar-refractivity contribution in [3.8, 4) is 0 Å². The highest BCUT2D eigenvalue weighted by molar-refractivity contribution is 5.86. The molecule has 0 unspecified atom stereocenters. The zero-order chi connectivity index (χ0) is 13.2. The Balaban J connectivity index is 1.98. The lowest BCUT2D eigenvalue weighted by molar-refractivity contribution is 0.383. The number of hydrogen-bond acceptors (Lipinski definition) is 4. The fourth-order valence-corrected chi connectivity index (χ4v) is 2.68. The van der Waals surface area contributed by atoms with Gasteiger partial charge < -0.3 is 15.2 Å². The molecule has 2 aromatic rings. The molecular formula is C14H21N5. The zero-order valence-corrected chi connectivity index (χ0v) is 11.4. The number of imidazole rings is 1. The summed E-state index contributed by atoms with van der Waals surface area (Å²) in [7, 11) is 2.02. The molecule has 0 spiro atoms. The number of nitrogens with two attached hydrogens (primary N) is 1. The Morgan fingerprint density at radius 2 is 2.26 bits per heavy atom. The number of aryl methyl sites for hydroxylation is 1. The van der Waals surface area contributed by atoms with Crippen LogP contribution in [-0.2, 0) is 7.05 Å². The van der Waals surface area contributed by atoms with E-state index in [9.17, 15) is 0 Å². The highest BCUT2D eigenvalue weighted by Gasteiger charge is 2.27. The van der Waals surface area contributed by atoms with Gasteiger partial charge in [-0.2, -0.15) is 0 Å². The molecule has 0 amide bonds. The van der Waals surface area contributed by atoms with E-state index < -0.39 is 0 Å². The Bertz CT molecular complexity index is 558. The van der Waals surface area contributed by atoms with Crippen LogP contribution in [0, 0.1) is 0 Å². The number of hydrogen-bond donors (Lipinski definition) is 1. The summed E-state index contributed by atoms with van der Waals surface area (Å²) >= 11 is 0. The predicted octanol–water partition coefficient (Wildman–Crippen LogP) is 1.68. The molecule has 2 aromatic heterocycles. The Morgan fingerprint density at radius 1 is 1.42 bits per heavy atom. The lowest BCUT2D eigenvalue weighted by Gasteiger charge is -2.38. The van der Waals surface area contributed by atoms with Crippen LogP contribution in [-0.4, -0.2) is 33.7 Å². The van der Waals surface area contributed by atoms with E-state index in [4.69, 9.17) is 5.73 Å². The van der Waals surface area contributed by atoms with Gasteiger partial charge in [-0.15, -0.1) is 0 Å². The van der Waals surface area contributed by atoms with E-state index in [0.29, 0.717) is 6.04 Å². The van der Waals surface area contributed by atoms with Crippen LogP contribution in [0.3, 0.4) is 0 Å². The van der Waals surface area contributed by atoms with Crippen LogP contribution in [0.4, 0.5) is 5.82 Å². The molecule has 102 valence electrons. The van der Waals surface area contributed by atoms with Gasteiger partial charge in [-0.25, -0.2) is 9.97 Å². The zero-order valence-electron chi connectivity index (χ0n) is 11.4. The number of aromatic nitrogens is 3. The summed E-state index contributed by atoms with van der Waals surface area (Å²) < 4.78 is 2.04. The van der Waals surface area contributed by atoms with Crippen molar-refractivity contribution in [3.05, 3.63) is 18.6 Å². The third kappa shape index (κ3) is 2.18. The highest BCUT2D eigenvalue weighted by atomic mass is 15.2. The summed E-state index contributed by atoms with van der Waals surface area (Å²) in [6.07, 6.45) is 8.58. The minimum absolute atomic E-state index is 0.617. The van der Waals surface area contributed by atoms with Gasteiger partial charge in [-0.05, 0) is 38.3 Å². The van der Waals surface area contributed by atoms with E-state index in [2.05, 4.69) is 14.9 Å². The fraction of sp³-hybridized carbons (Fsp3) is 0.571. The predicted molar refractivity (Wildman–Crippen MR) is 77.2 cm³/mol. The second-order valence-electron chi connectivity index (χ2n) is 5.28. The Labute approximate surface area is 113 Å². The minimum Gasteiger partial charge on any atom is -0.352 e. The smallest absolute Gasteiger partial charge is 0.156 e. The number of anilines is 1. The van der Waals surface area contributed by atoms with Crippen LogP contribution in [0.15, 0.2) is 18.6 Å². The van der Waals surface area contributed by atoms with Crippen molar-refractivity contribution in [3.63, 3.8) is 0 Å². The maximum Gasteiger partial charge on any atom is 0.156 e. The van der Waals surface area contributed by atoms with Gasteiger partial charge in [0.15, 0.2) is 5.82 Å². The summed E-state index contributed by atoms with van der Waals surface area (Å²) in [5, 5.41) is 0. The molecule has 1 aliphatic rings. The molecule has 1 fully saturated rings. The van der Waals surface area contributed by atoms with Crippen molar-refractivity contribution < 1.29 is 0 Å². The van der Waals surface area contributed by atoms with Crippen molar-refractivity contribution in [2.45, 2.75) is 31.7 Å². The Morgan fingerprint density at radius 3 is 2.95 bits per heavy atom. The van der Waals surface area contributed by atoms with Gasteiger partial charge >= 0.3 is 0 Å². The van der Waals surface area contributed by atoms with Crippen molar-refractivity contribution in [1.29, 1.82) is 0 Å². The number of fused-ring (bicyclic) bond motifs is 1. The maximum absolute atomic E-state index is 5.66. The molecule has 2 heterocycles. The molecule has 3 rings (SSSR count). The van der Waals surface area contributed by atoms with E-state index in [1.807, 2.05) is 30.2 Å². The molecule has 1 saturated carbocycles. The molecule has 5 heteroatoms. The van der Waals surface area contributed by atoms with Crippen LogP contribution in [0.1, 0.15) is 25.7 Å². The quantitative estimate of drug-likeness (QED) is 0.887. The summed E-state index contributed by atoms with van der Waals surface area (Å²) in [5.74, 6) is 1.02. The molecule has 0 aromatic carbocycles. The highest BCUT2D eigenvalue weighted by Crippen LogP contribution is 2.31. The lowest BCUT2D eigenvalue weighted by Crippen LogP contribution is -2.42. The number of rotatable bonds is 5. The second-order valence-corrected chi connectivity index (χ2v) is 5.28. The molecule has 0 radical (unpaired) electrons. The van der Waals surface area contributed by atoms with Gasteiger partial charge in [0.2, 0.25) is 0 Å². The maximum atomic E-state index is 5.66. The molecular weight excluding hydrogens is 238 g/mol. The van der Waals surface area contributed by atoms with Crippen LogP contribution < -0.4 is 10.6 Å². The summed E-state index contributed by atoms with van der Waals surface area (Å²) in [6, 6.07) is 2.64. The van der Waals surface area contributed by atoms with Crippen LogP contribution in [0.2, 0.25) is 0 Å². The van der Waals surface area contributed by atoms with Crippen molar-refractivity contribution in [1.82, 2.24) is 14.5 Å². The first-order valence-corrected chi connectivity index (χ1v) is 7.04. The van der Waals surface area contributed by atoms with E-state index in [0.717, 1.165) is 36.4 Å². The SMILES string of the molecule is Cn1cnc2c(N(CCCN)C3CCC3)nccc21. The molecule has 0 bridgehead atoms. The third-order valence-electron chi connectivity index (χ3n) is 4.01. The first-order chi connectivity index (χ1) is 9.31. The Hall–Kier alpha value is -1.62. The van der Waals surface area contributed by atoms with Crippen molar-refractivity contribution in [2.75, 3.05) is 18.0 Å². The lowest BCUT2D eigenvalue weighted by atomic mass is 9.91. The largest absolute Gasteiger partial charge is 0.352 e. The van der Waals surface area contributed by atoms with Gasteiger partial charge in [-0.3, -0.25) is 0 Å². The Kier molecular flexibility index (Phi) is 3.38. The number of pyridine rings is 1. The third-order valence-corrected chi connectivity index (χ3v) is 4.01. The van der Waals surface area contributed by atoms with Gasteiger partial charge in [0.25, 0.3) is 0 Å². The van der Waals surface area contributed by atoms with Gasteiger partial charge in [0, 0.05) is 25.8 Å². The first kappa shape index (κ1) is 12.4.